The van der Waals surface area contributed by atoms with Crippen molar-refractivity contribution in [2.24, 2.45) is 14.1 Å². The van der Waals surface area contributed by atoms with Crippen molar-refractivity contribution in [2.45, 2.75) is 6.18 Å². The normalized spacial score (nSPS) is 11.9. The summed E-state index contributed by atoms with van der Waals surface area (Å²) in [6.45, 7) is 0. The quantitative estimate of drug-likeness (QED) is 0.328. The van der Waals surface area contributed by atoms with Gasteiger partial charge < -0.3 is 18.7 Å². The Labute approximate surface area is 203 Å². The molecule has 13 heteroatoms. The Morgan fingerprint density at radius 1 is 1.00 bits per heavy atom. The molecule has 0 N–H and O–H groups in total. The van der Waals surface area contributed by atoms with Crippen LogP contribution in [0.25, 0.3) is 33.1 Å². The van der Waals surface area contributed by atoms with Crippen molar-refractivity contribution in [2.75, 3.05) is 0 Å². The molecule has 0 atom stereocenters. The fraction of sp³-hybridized carbons (Fsp3) is 0.125. The molecule has 5 rings (SSSR count). The number of hydrogen-bond acceptors (Lipinski definition) is 5. The van der Waals surface area contributed by atoms with E-state index in [1.165, 1.54) is 25.6 Å². The minimum absolute atomic E-state index is 0.0450. The molecular formula is C24H15F5N4O4. The van der Waals surface area contributed by atoms with Gasteiger partial charge in [-0.05, 0) is 30.3 Å². The van der Waals surface area contributed by atoms with Crippen LogP contribution in [-0.2, 0) is 18.9 Å². The smallest absolute Gasteiger partial charge is 0.451 e. The van der Waals surface area contributed by atoms with Crippen molar-refractivity contribution in [3.63, 3.8) is 0 Å². The number of alkyl halides is 3. The Morgan fingerprint density at radius 3 is 2.46 bits per heavy atom. The first kappa shape index (κ1) is 24.0. The van der Waals surface area contributed by atoms with Crippen molar-refractivity contribution >= 4 is 27.9 Å². The summed E-state index contributed by atoms with van der Waals surface area (Å²) in [7, 11) is 3.07. The summed E-state index contributed by atoms with van der Waals surface area (Å²) >= 11 is 0. The van der Waals surface area contributed by atoms with Gasteiger partial charge in [0.1, 0.15) is 11.3 Å². The molecule has 3 heterocycles. The van der Waals surface area contributed by atoms with Gasteiger partial charge in [-0.25, -0.2) is 18.6 Å². The molecule has 0 bridgehead atoms. The van der Waals surface area contributed by atoms with E-state index in [9.17, 15) is 31.5 Å². The number of imidazole rings is 1. The summed E-state index contributed by atoms with van der Waals surface area (Å²) in [5, 5.41) is 0.123. The van der Waals surface area contributed by atoms with E-state index >= 15 is 0 Å². The summed E-state index contributed by atoms with van der Waals surface area (Å²) in [5.41, 5.74) is 0.370. The number of hydrogen-bond donors (Lipinski definition) is 0. The van der Waals surface area contributed by atoms with Gasteiger partial charge in [-0.3, -0.25) is 4.79 Å². The minimum Gasteiger partial charge on any atom is -0.451 e. The second kappa shape index (κ2) is 8.47. The van der Waals surface area contributed by atoms with Gasteiger partial charge in [-0.15, -0.1) is 0 Å². The molecule has 0 spiro atoms. The number of pyridine rings is 1. The zero-order valence-electron chi connectivity index (χ0n) is 19.0. The van der Waals surface area contributed by atoms with E-state index < -0.39 is 29.3 Å². The van der Waals surface area contributed by atoms with Crippen LogP contribution in [0.1, 0.15) is 0 Å². The number of benzene rings is 2. The molecule has 2 aromatic carbocycles. The number of aromatic nitrogens is 4. The van der Waals surface area contributed by atoms with Gasteiger partial charge in [0, 0.05) is 49.1 Å². The second-order valence-corrected chi connectivity index (χ2v) is 8.08. The molecule has 190 valence electrons. The van der Waals surface area contributed by atoms with E-state index in [0.29, 0.717) is 21.8 Å². The fourth-order valence-corrected chi connectivity index (χ4v) is 3.92. The van der Waals surface area contributed by atoms with Crippen LogP contribution in [0.15, 0.2) is 59.9 Å². The predicted octanol–water partition coefficient (Wildman–Crippen LogP) is 4.48. The summed E-state index contributed by atoms with van der Waals surface area (Å²) < 4.78 is 75.4. The number of carbonyl (C=O) groups excluding carboxylic acids is 1. The first-order valence-electron chi connectivity index (χ1n) is 10.5. The Bertz CT molecular complexity index is 1770. The monoisotopic (exact) mass is 518 g/mol. The molecule has 8 nitrogen and oxygen atoms in total. The topological polar surface area (TPSA) is 80.3 Å². The lowest BCUT2D eigenvalue weighted by atomic mass is 10.0. The highest BCUT2D eigenvalue weighted by Crippen LogP contribution is 2.41. The van der Waals surface area contributed by atoms with Crippen LogP contribution in [0.5, 0.6) is 11.5 Å². The van der Waals surface area contributed by atoms with E-state index in [1.54, 1.807) is 23.7 Å². The van der Waals surface area contributed by atoms with Crippen molar-refractivity contribution in [1.29, 1.82) is 0 Å². The highest BCUT2D eigenvalue weighted by molar-refractivity contribution is 6.00. The van der Waals surface area contributed by atoms with Crippen molar-refractivity contribution in [1.82, 2.24) is 18.8 Å². The number of nitrogens with zero attached hydrogens (tertiary/aromatic N) is 4. The molecule has 5 aromatic rings. The predicted molar refractivity (Wildman–Crippen MR) is 121 cm³/mol. The molecule has 0 amide bonds. The highest BCUT2D eigenvalue weighted by atomic mass is 19.4. The Balaban J connectivity index is 1.75. The SMILES string of the molecule is Cn1cc(-c2ccc3c(ncn3C)c2Oc2ccc(F)cc2F)c2ccn(OC(=O)C(F)(F)F)c2c1=O. The number of halogens is 5. The maximum Gasteiger partial charge on any atom is 0.493 e. The summed E-state index contributed by atoms with van der Waals surface area (Å²) in [5.74, 6) is -4.56. The maximum atomic E-state index is 14.5. The zero-order chi connectivity index (χ0) is 26.6. The Hall–Kier alpha value is -4.68. The zero-order valence-corrected chi connectivity index (χ0v) is 19.0. The van der Waals surface area contributed by atoms with Crippen LogP contribution in [0.4, 0.5) is 22.0 Å². The Kier molecular flexibility index (Phi) is 5.50. The van der Waals surface area contributed by atoms with Gasteiger partial charge in [0.2, 0.25) is 0 Å². The maximum absolute atomic E-state index is 14.5. The van der Waals surface area contributed by atoms with Gasteiger partial charge in [-0.2, -0.15) is 17.9 Å². The van der Waals surface area contributed by atoms with E-state index in [1.807, 2.05) is 0 Å². The third kappa shape index (κ3) is 4.07. The molecule has 0 aliphatic carbocycles. The van der Waals surface area contributed by atoms with Gasteiger partial charge in [0.05, 0.1) is 11.8 Å². The van der Waals surface area contributed by atoms with Gasteiger partial charge in [0.25, 0.3) is 5.56 Å². The lowest BCUT2D eigenvalue weighted by Crippen LogP contribution is -2.34. The number of rotatable bonds is 4. The van der Waals surface area contributed by atoms with Gasteiger partial charge in [0.15, 0.2) is 22.8 Å². The number of ether oxygens (including phenoxy) is 1. The molecule has 0 saturated heterocycles. The van der Waals surface area contributed by atoms with Crippen LogP contribution in [0.2, 0.25) is 0 Å². The molecule has 0 saturated carbocycles. The first-order valence-corrected chi connectivity index (χ1v) is 10.5. The highest BCUT2D eigenvalue weighted by Gasteiger charge is 2.42. The number of aryl methyl sites for hydroxylation is 2. The molecule has 0 fully saturated rings. The average Bonchev–Trinajstić information content (AvgIpc) is 3.42. The van der Waals surface area contributed by atoms with Crippen LogP contribution < -0.4 is 15.1 Å². The number of carbonyl (C=O) groups is 1. The number of fused-ring (bicyclic) bond motifs is 2. The van der Waals surface area contributed by atoms with Crippen LogP contribution in [-0.4, -0.2) is 31.0 Å². The molecule has 0 radical (unpaired) electrons. The average molecular weight is 518 g/mol. The van der Waals surface area contributed by atoms with Crippen LogP contribution in [0, 0.1) is 11.6 Å². The molecule has 3 aromatic heterocycles. The van der Waals surface area contributed by atoms with Crippen LogP contribution >= 0.6 is 0 Å². The standard InChI is InChI=1S/C24H15F5N4O4/c1-31-10-15(13-7-8-33(20(13)22(31)34)37-23(35)24(27,28)29)14-4-5-17-19(30-11-32(17)2)21(14)36-18-6-3-12(25)9-16(18)26/h3-11H,1-2H3. The van der Waals surface area contributed by atoms with Crippen molar-refractivity contribution in [3.8, 4) is 22.6 Å². The largest absolute Gasteiger partial charge is 0.493 e. The van der Waals surface area contributed by atoms with Crippen molar-refractivity contribution < 1.29 is 36.3 Å². The first-order chi connectivity index (χ1) is 17.5. The molecule has 0 aliphatic rings. The molecule has 0 unspecified atom stereocenters. The van der Waals surface area contributed by atoms with E-state index in [2.05, 4.69) is 9.82 Å². The third-order valence-corrected chi connectivity index (χ3v) is 5.65. The second-order valence-electron chi connectivity index (χ2n) is 8.08. The summed E-state index contributed by atoms with van der Waals surface area (Å²) in [6.07, 6.45) is -1.40. The summed E-state index contributed by atoms with van der Waals surface area (Å²) in [4.78, 5) is 33.0. The van der Waals surface area contributed by atoms with E-state index in [-0.39, 0.29) is 33.5 Å². The fourth-order valence-electron chi connectivity index (χ4n) is 3.92. The summed E-state index contributed by atoms with van der Waals surface area (Å²) in [6, 6.07) is 7.33. The molecular weight excluding hydrogens is 503 g/mol. The Morgan fingerprint density at radius 2 is 1.76 bits per heavy atom. The van der Waals surface area contributed by atoms with Gasteiger partial charge in [-0.1, -0.05) is 0 Å². The third-order valence-electron chi connectivity index (χ3n) is 5.65. The molecule has 0 aliphatic heterocycles. The van der Waals surface area contributed by atoms with E-state index in [0.717, 1.165) is 22.9 Å². The van der Waals surface area contributed by atoms with Crippen LogP contribution in [0.3, 0.4) is 0 Å². The van der Waals surface area contributed by atoms with E-state index in [4.69, 9.17) is 4.74 Å². The van der Waals surface area contributed by atoms with Gasteiger partial charge >= 0.3 is 12.1 Å². The lowest BCUT2D eigenvalue weighted by Gasteiger charge is -2.15. The molecule has 37 heavy (non-hydrogen) atoms. The lowest BCUT2D eigenvalue weighted by molar-refractivity contribution is -0.199. The van der Waals surface area contributed by atoms with Crippen molar-refractivity contribution in [3.05, 3.63) is 77.1 Å². The minimum atomic E-state index is -5.29.